The van der Waals surface area contributed by atoms with Crippen molar-refractivity contribution in [2.24, 2.45) is 0 Å². The molecule has 4 nitrogen and oxygen atoms in total. The van der Waals surface area contributed by atoms with Gasteiger partial charge in [-0.3, -0.25) is 4.68 Å². The molecule has 0 saturated carbocycles. The number of nitrogens with zero attached hydrogens (tertiary/aromatic N) is 2. The lowest BCUT2D eigenvalue weighted by atomic mass is 9.93. The third kappa shape index (κ3) is 2.63. The average molecular weight is 260 g/mol. The summed E-state index contributed by atoms with van der Waals surface area (Å²) < 4.78 is 7.07. The second kappa shape index (κ2) is 5.89. The lowest BCUT2D eigenvalue weighted by Gasteiger charge is -2.21. The average Bonchev–Trinajstić information content (AvgIpc) is 2.89. The number of methoxy groups -OCH3 is 1. The Hall–Kier alpha value is -1.81. The SMILES string of the molecule is CCn1ncc(OC)c1C(O)C(C)c1ccccc1. The van der Waals surface area contributed by atoms with Gasteiger partial charge in [-0.2, -0.15) is 5.10 Å². The van der Waals surface area contributed by atoms with Gasteiger partial charge in [-0.25, -0.2) is 0 Å². The molecule has 2 atom stereocenters. The molecule has 102 valence electrons. The molecule has 2 rings (SSSR count). The Morgan fingerprint density at radius 3 is 2.58 bits per heavy atom. The van der Waals surface area contributed by atoms with Gasteiger partial charge in [-0.1, -0.05) is 37.3 Å². The van der Waals surface area contributed by atoms with Gasteiger partial charge in [0.15, 0.2) is 5.75 Å². The van der Waals surface area contributed by atoms with Crippen molar-refractivity contribution in [3.63, 3.8) is 0 Å². The molecule has 2 aromatic rings. The van der Waals surface area contributed by atoms with Crippen LogP contribution in [0.2, 0.25) is 0 Å². The van der Waals surface area contributed by atoms with E-state index in [9.17, 15) is 5.11 Å². The fraction of sp³-hybridized carbons (Fsp3) is 0.400. The molecule has 0 amide bonds. The van der Waals surface area contributed by atoms with Gasteiger partial charge in [-0.15, -0.1) is 0 Å². The molecule has 0 radical (unpaired) electrons. The molecule has 0 aliphatic rings. The maximum Gasteiger partial charge on any atom is 0.162 e. The van der Waals surface area contributed by atoms with Crippen LogP contribution in [0.15, 0.2) is 36.5 Å². The van der Waals surface area contributed by atoms with E-state index in [4.69, 9.17) is 4.74 Å². The maximum absolute atomic E-state index is 10.6. The van der Waals surface area contributed by atoms with Crippen LogP contribution >= 0.6 is 0 Å². The van der Waals surface area contributed by atoms with Gasteiger partial charge >= 0.3 is 0 Å². The Balaban J connectivity index is 2.33. The van der Waals surface area contributed by atoms with Gasteiger partial charge < -0.3 is 9.84 Å². The summed E-state index contributed by atoms with van der Waals surface area (Å²) in [5.41, 5.74) is 1.84. The van der Waals surface area contributed by atoms with Gasteiger partial charge in [0, 0.05) is 12.5 Å². The Bertz CT molecular complexity index is 501. The number of hydrogen-bond acceptors (Lipinski definition) is 3. The van der Waals surface area contributed by atoms with Crippen LogP contribution in [-0.4, -0.2) is 22.0 Å². The summed E-state index contributed by atoms with van der Waals surface area (Å²) in [6.07, 6.45) is 1.01. The molecule has 0 bridgehead atoms. The van der Waals surface area contributed by atoms with Crippen molar-refractivity contribution in [3.8, 4) is 5.75 Å². The third-order valence-corrected chi connectivity index (χ3v) is 3.44. The van der Waals surface area contributed by atoms with E-state index >= 15 is 0 Å². The molecule has 0 spiro atoms. The molecule has 0 aliphatic heterocycles. The summed E-state index contributed by atoms with van der Waals surface area (Å²) in [5, 5.41) is 14.8. The number of ether oxygens (including phenoxy) is 1. The van der Waals surface area contributed by atoms with Crippen LogP contribution in [0.5, 0.6) is 5.75 Å². The lowest BCUT2D eigenvalue weighted by molar-refractivity contribution is 0.137. The predicted octanol–water partition coefficient (Wildman–Crippen LogP) is 2.75. The van der Waals surface area contributed by atoms with Crippen LogP contribution in [0.3, 0.4) is 0 Å². The first-order chi connectivity index (χ1) is 9.19. The molecule has 1 N–H and O–H groups in total. The van der Waals surface area contributed by atoms with E-state index in [1.54, 1.807) is 18.0 Å². The van der Waals surface area contributed by atoms with E-state index < -0.39 is 6.10 Å². The zero-order valence-electron chi connectivity index (χ0n) is 11.6. The van der Waals surface area contributed by atoms with Crippen molar-refractivity contribution >= 4 is 0 Å². The van der Waals surface area contributed by atoms with Gasteiger partial charge in [0.2, 0.25) is 0 Å². The molecular formula is C15H20N2O2. The fourth-order valence-corrected chi connectivity index (χ4v) is 2.26. The number of aliphatic hydroxyl groups excluding tert-OH is 1. The molecule has 2 unspecified atom stereocenters. The summed E-state index contributed by atoms with van der Waals surface area (Å²) in [7, 11) is 1.60. The predicted molar refractivity (Wildman–Crippen MR) is 74.3 cm³/mol. The van der Waals surface area contributed by atoms with Crippen molar-refractivity contribution in [2.45, 2.75) is 32.4 Å². The molecule has 0 fully saturated rings. The first-order valence-corrected chi connectivity index (χ1v) is 6.51. The fourth-order valence-electron chi connectivity index (χ4n) is 2.26. The number of aryl methyl sites for hydroxylation is 1. The normalized spacial score (nSPS) is 14.1. The van der Waals surface area contributed by atoms with E-state index in [2.05, 4.69) is 5.10 Å². The standard InChI is InChI=1S/C15H20N2O2/c1-4-17-14(13(19-3)10-16-17)15(18)11(2)12-8-6-5-7-9-12/h5-11,15,18H,4H2,1-3H3. The number of hydrogen-bond donors (Lipinski definition) is 1. The minimum absolute atomic E-state index is 0.0166. The number of aliphatic hydroxyl groups is 1. The Kier molecular flexibility index (Phi) is 4.22. The topological polar surface area (TPSA) is 47.3 Å². The van der Waals surface area contributed by atoms with Crippen LogP contribution < -0.4 is 4.74 Å². The smallest absolute Gasteiger partial charge is 0.162 e. The molecule has 0 saturated heterocycles. The van der Waals surface area contributed by atoms with E-state index in [0.29, 0.717) is 12.3 Å². The summed E-state index contributed by atoms with van der Waals surface area (Å²) in [6.45, 7) is 4.71. The van der Waals surface area contributed by atoms with E-state index in [0.717, 1.165) is 11.3 Å². The second-order valence-corrected chi connectivity index (χ2v) is 4.56. The van der Waals surface area contributed by atoms with E-state index in [1.165, 1.54) is 0 Å². The first kappa shape index (κ1) is 13.6. The third-order valence-electron chi connectivity index (χ3n) is 3.44. The van der Waals surface area contributed by atoms with Crippen LogP contribution in [0.4, 0.5) is 0 Å². The highest BCUT2D eigenvalue weighted by atomic mass is 16.5. The summed E-state index contributed by atoms with van der Waals surface area (Å²) >= 11 is 0. The van der Waals surface area contributed by atoms with Crippen molar-refractivity contribution in [1.82, 2.24) is 9.78 Å². The summed E-state index contributed by atoms with van der Waals surface area (Å²) in [4.78, 5) is 0. The summed E-state index contributed by atoms with van der Waals surface area (Å²) in [5.74, 6) is 0.620. The number of benzene rings is 1. The lowest BCUT2D eigenvalue weighted by Crippen LogP contribution is -2.14. The highest BCUT2D eigenvalue weighted by Crippen LogP contribution is 2.35. The van der Waals surface area contributed by atoms with Gasteiger partial charge in [-0.05, 0) is 12.5 Å². The number of rotatable bonds is 5. The van der Waals surface area contributed by atoms with Gasteiger partial charge in [0.25, 0.3) is 0 Å². The van der Waals surface area contributed by atoms with E-state index in [1.807, 2.05) is 44.2 Å². The van der Waals surface area contributed by atoms with Gasteiger partial charge in [0.05, 0.1) is 13.3 Å². The summed E-state index contributed by atoms with van der Waals surface area (Å²) in [6, 6.07) is 9.97. The monoisotopic (exact) mass is 260 g/mol. The zero-order valence-corrected chi connectivity index (χ0v) is 11.6. The molecule has 0 aliphatic carbocycles. The minimum Gasteiger partial charge on any atom is -0.493 e. The molecule has 1 aromatic carbocycles. The molecule has 1 heterocycles. The first-order valence-electron chi connectivity index (χ1n) is 6.51. The van der Waals surface area contributed by atoms with Crippen molar-refractivity contribution < 1.29 is 9.84 Å². The largest absolute Gasteiger partial charge is 0.493 e. The van der Waals surface area contributed by atoms with Crippen LogP contribution in [-0.2, 0) is 6.54 Å². The Morgan fingerprint density at radius 1 is 1.32 bits per heavy atom. The van der Waals surface area contributed by atoms with Crippen LogP contribution in [0.25, 0.3) is 0 Å². The molecule has 4 heteroatoms. The van der Waals surface area contributed by atoms with Crippen LogP contribution in [0, 0.1) is 0 Å². The van der Waals surface area contributed by atoms with Crippen molar-refractivity contribution in [2.75, 3.05) is 7.11 Å². The highest BCUT2D eigenvalue weighted by Gasteiger charge is 2.25. The quantitative estimate of drug-likeness (QED) is 0.899. The van der Waals surface area contributed by atoms with Gasteiger partial charge in [0.1, 0.15) is 11.8 Å². The highest BCUT2D eigenvalue weighted by molar-refractivity contribution is 5.31. The maximum atomic E-state index is 10.6. The van der Waals surface area contributed by atoms with Crippen molar-refractivity contribution in [1.29, 1.82) is 0 Å². The Labute approximate surface area is 113 Å². The number of aromatic nitrogens is 2. The molecule has 1 aromatic heterocycles. The van der Waals surface area contributed by atoms with Crippen LogP contribution in [0.1, 0.15) is 37.1 Å². The molecular weight excluding hydrogens is 240 g/mol. The second-order valence-electron chi connectivity index (χ2n) is 4.56. The van der Waals surface area contributed by atoms with E-state index in [-0.39, 0.29) is 5.92 Å². The molecule has 19 heavy (non-hydrogen) atoms. The minimum atomic E-state index is -0.639. The zero-order chi connectivity index (χ0) is 13.8. The van der Waals surface area contributed by atoms with Crippen molar-refractivity contribution in [3.05, 3.63) is 47.8 Å². The Morgan fingerprint density at radius 2 is 2.00 bits per heavy atom.